The highest BCUT2D eigenvalue weighted by atomic mass is 32.1. The molecule has 12 heteroatoms. The molecule has 2 aliphatic rings. The van der Waals surface area contributed by atoms with E-state index < -0.39 is 24.0 Å². The lowest BCUT2D eigenvalue weighted by atomic mass is 9.92. The molecule has 4 atom stereocenters. The van der Waals surface area contributed by atoms with Gasteiger partial charge >= 0.3 is 0 Å². The van der Waals surface area contributed by atoms with E-state index in [1.807, 2.05) is 6.07 Å². The Hall–Kier alpha value is -2.83. The molecule has 43 heavy (non-hydrogen) atoms. The number of aliphatic hydroxyl groups is 1. The van der Waals surface area contributed by atoms with Crippen molar-refractivity contribution in [3.63, 3.8) is 0 Å². The first-order valence-corrected chi connectivity index (χ1v) is 16.1. The molecule has 2 fully saturated rings. The van der Waals surface area contributed by atoms with Crippen molar-refractivity contribution in [2.45, 2.75) is 69.5 Å². The number of amides is 4. The minimum absolute atomic E-state index is 0.0816. The summed E-state index contributed by atoms with van der Waals surface area (Å²) in [5.74, 6) is -0.510. The Kier molecular flexibility index (Phi) is 13.6. The Morgan fingerprint density at radius 3 is 2.47 bits per heavy atom. The first-order valence-electron chi connectivity index (χ1n) is 15.5. The number of nitrogens with one attached hydrogen (secondary N) is 3. The maximum absolute atomic E-state index is 13.9. The lowest BCUT2D eigenvalue weighted by Crippen LogP contribution is -2.61. The number of piperazine rings is 1. The number of hydrogen-bond acceptors (Lipinski definition) is 7. The van der Waals surface area contributed by atoms with E-state index in [2.05, 4.69) is 49.7 Å². The van der Waals surface area contributed by atoms with E-state index in [-0.39, 0.29) is 49.0 Å². The summed E-state index contributed by atoms with van der Waals surface area (Å²) in [5.41, 5.74) is 0.730. The van der Waals surface area contributed by atoms with Gasteiger partial charge in [0.05, 0.1) is 52.0 Å². The summed E-state index contributed by atoms with van der Waals surface area (Å²) in [6.07, 6.45) is 6.02. The summed E-state index contributed by atoms with van der Waals surface area (Å²) in [5, 5.41) is 18.0. The Labute approximate surface area is 261 Å². The summed E-state index contributed by atoms with van der Waals surface area (Å²) >= 11 is 3.95. The zero-order chi connectivity index (χ0) is 31.4. The molecule has 240 valence electrons. The van der Waals surface area contributed by atoms with Gasteiger partial charge in [-0.05, 0) is 56.2 Å². The molecule has 0 aromatic heterocycles. The standard InChI is InChI=1S/C31H49N5O6S/c1-36(2,3)16-9-6-13-25-31(41)35-26(30(40)34-25)20-24(28(35)22-11-10-12-23(19-22)42-18-17-37)29(39)33-15-8-5-4-7-14-32-27(38)21-43/h10-12,19,24-26,28,37H,4-9,13-18,20-21H2,1-3H3,(H3-,32,33,34,38,39,40,43)/p+1/t24-,25+,26-,28-/m1/s1. The molecule has 3 rings (SSSR count). The number of carbonyl (C=O) groups excluding carboxylic acids is 4. The lowest BCUT2D eigenvalue weighted by Gasteiger charge is -2.38. The van der Waals surface area contributed by atoms with Gasteiger partial charge in [-0.1, -0.05) is 25.0 Å². The number of rotatable bonds is 18. The number of nitrogens with zero attached hydrogens (tertiary/aromatic N) is 2. The zero-order valence-electron chi connectivity index (χ0n) is 25.8. The minimum atomic E-state index is -0.717. The van der Waals surface area contributed by atoms with Crippen molar-refractivity contribution in [1.29, 1.82) is 0 Å². The molecule has 0 aliphatic carbocycles. The van der Waals surface area contributed by atoms with Crippen LogP contribution in [0.1, 0.15) is 63.0 Å². The number of aliphatic hydroxyl groups excluding tert-OH is 1. The molecule has 2 heterocycles. The largest absolute Gasteiger partial charge is 0.491 e. The molecule has 0 spiro atoms. The normalized spacial score (nSPS) is 21.7. The molecule has 4 amide bonds. The van der Waals surface area contributed by atoms with Gasteiger partial charge in [-0.25, -0.2) is 0 Å². The van der Waals surface area contributed by atoms with Crippen LogP contribution in [0.4, 0.5) is 0 Å². The van der Waals surface area contributed by atoms with Crippen molar-refractivity contribution >= 4 is 36.3 Å². The fourth-order valence-electron chi connectivity index (χ4n) is 5.86. The Balaban J connectivity index is 1.69. The number of ether oxygens (including phenoxy) is 1. The molecule has 0 saturated carbocycles. The second kappa shape index (κ2) is 16.9. The number of unbranched alkanes of at least 4 members (excludes halogenated alkanes) is 4. The summed E-state index contributed by atoms with van der Waals surface area (Å²) in [4.78, 5) is 53.7. The van der Waals surface area contributed by atoms with Gasteiger partial charge in [-0.2, -0.15) is 12.6 Å². The molecule has 2 aliphatic heterocycles. The molecule has 0 radical (unpaired) electrons. The smallest absolute Gasteiger partial charge is 0.246 e. The predicted molar refractivity (Wildman–Crippen MR) is 168 cm³/mol. The summed E-state index contributed by atoms with van der Waals surface area (Å²) in [7, 11) is 6.39. The van der Waals surface area contributed by atoms with Crippen molar-refractivity contribution < 1.29 is 33.5 Å². The average molecular weight is 621 g/mol. The van der Waals surface area contributed by atoms with Gasteiger partial charge in [0.25, 0.3) is 0 Å². The molecule has 4 N–H and O–H groups in total. The molecule has 0 unspecified atom stereocenters. The van der Waals surface area contributed by atoms with Gasteiger partial charge < -0.3 is 35.2 Å². The molecular formula is C31H50N5O6S+. The highest BCUT2D eigenvalue weighted by molar-refractivity contribution is 7.81. The van der Waals surface area contributed by atoms with E-state index in [1.54, 1.807) is 23.1 Å². The van der Waals surface area contributed by atoms with Crippen LogP contribution < -0.4 is 20.7 Å². The highest BCUT2D eigenvalue weighted by Crippen LogP contribution is 2.44. The predicted octanol–water partition coefficient (Wildman–Crippen LogP) is 1.41. The lowest BCUT2D eigenvalue weighted by molar-refractivity contribution is -0.870. The van der Waals surface area contributed by atoms with Crippen LogP contribution >= 0.6 is 12.6 Å². The van der Waals surface area contributed by atoms with Crippen LogP contribution in [0.5, 0.6) is 5.75 Å². The molecular weight excluding hydrogens is 570 g/mol. The van der Waals surface area contributed by atoms with Crippen molar-refractivity contribution in [2.75, 3.05) is 59.7 Å². The van der Waals surface area contributed by atoms with E-state index in [0.29, 0.717) is 25.3 Å². The van der Waals surface area contributed by atoms with Gasteiger partial charge in [0.1, 0.15) is 24.4 Å². The van der Waals surface area contributed by atoms with Crippen LogP contribution in [-0.2, 0) is 19.2 Å². The van der Waals surface area contributed by atoms with Crippen molar-refractivity contribution in [3.8, 4) is 5.75 Å². The Bertz CT molecular complexity index is 1100. The quantitative estimate of drug-likeness (QED) is 0.0957. The highest BCUT2D eigenvalue weighted by Gasteiger charge is 2.54. The molecule has 1 aromatic carbocycles. The second-order valence-electron chi connectivity index (χ2n) is 12.5. The Morgan fingerprint density at radius 1 is 1.07 bits per heavy atom. The van der Waals surface area contributed by atoms with Crippen LogP contribution in [0.3, 0.4) is 0 Å². The number of hydrogen-bond donors (Lipinski definition) is 5. The van der Waals surface area contributed by atoms with Crippen LogP contribution in [0.25, 0.3) is 0 Å². The Morgan fingerprint density at radius 2 is 1.79 bits per heavy atom. The number of fused-ring (bicyclic) bond motifs is 1. The van der Waals surface area contributed by atoms with Gasteiger partial charge in [0.2, 0.25) is 23.6 Å². The molecule has 1 aromatic rings. The van der Waals surface area contributed by atoms with Gasteiger partial charge in [0, 0.05) is 13.1 Å². The third-order valence-electron chi connectivity index (χ3n) is 8.00. The fourth-order valence-corrected chi connectivity index (χ4v) is 5.97. The zero-order valence-corrected chi connectivity index (χ0v) is 26.7. The van der Waals surface area contributed by atoms with Gasteiger partial charge in [0.15, 0.2) is 0 Å². The first kappa shape index (κ1) is 34.7. The number of benzene rings is 1. The van der Waals surface area contributed by atoms with Crippen LogP contribution in [0.2, 0.25) is 0 Å². The molecule has 2 saturated heterocycles. The molecule has 11 nitrogen and oxygen atoms in total. The van der Waals surface area contributed by atoms with Crippen LogP contribution in [-0.4, -0.2) is 110 Å². The van der Waals surface area contributed by atoms with Crippen molar-refractivity contribution in [1.82, 2.24) is 20.9 Å². The third-order valence-corrected chi connectivity index (χ3v) is 8.29. The number of quaternary nitrogens is 1. The van der Waals surface area contributed by atoms with Gasteiger partial charge in [-0.15, -0.1) is 0 Å². The van der Waals surface area contributed by atoms with Crippen molar-refractivity contribution in [3.05, 3.63) is 29.8 Å². The SMILES string of the molecule is C[N+](C)(C)CCCC[C@@H]1NC(=O)[C@H]2C[C@@H](C(=O)NCCCCCCNC(=O)CS)[C@@H](c3cccc(OCCO)c3)N2C1=O. The summed E-state index contributed by atoms with van der Waals surface area (Å²) in [6, 6.07) is 5.29. The number of thiol groups is 1. The third kappa shape index (κ3) is 10.4. The van der Waals surface area contributed by atoms with Crippen molar-refractivity contribution in [2.24, 2.45) is 5.92 Å². The van der Waals surface area contributed by atoms with Crippen LogP contribution in [0, 0.1) is 5.92 Å². The van der Waals surface area contributed by atoms with E-state index in [0.717, 1.165) is 55.1 Å². The maximum atomic E-state index is 13.9. The van der Waals surface area contributed by atoms with E-state index in [1.165, 1.54) is 0 Å². The summed E-state index contributed by atoms with van der Waals surface area (Å²) < 4.78 is 6.46. The second-order valence-corrected chi connectivity index (χ2v) is 12.8. The monoisotopic (exact) mass is 620 g/mol. The summed E-state index contributed by atoms with van der Waals surface area (Å²) in [6.45, 7) is 2.07. The topological polar surface area (TPSA) is 137 Å². The van der Waals surface area contributed by atoms with E-state index in [9.17, 15) is 24.3 Å². The van der Waals surface area contributed by atoms with E-state index in [4.69, 9.17) is 4.74 Å². The van der Waals surface area contributed by atoms with Gasteiger partial charge in [-0.3, -0.25) is 19.2 Å². The van der Waals surface area contributed by atoms with E-state index >= 15 is 0 Å². The maximum Gasteiger partial charge on any atom is 0.246 e. The molecule has 0 bridgehead atoms. The first-order chi connectivity index (χ1) is 20.6. The number of carbonyl (C=O) groups is 4. The van der Waals surface area contributed by atoms with Crippen LogP contribution in [0.15, 0.2) is 24.3 Å². The average Bonchev–Trinajstić information content (AvgIpc) is 3.39. The minimum Gasteiger partial charge on any atom is -0.491 e. The fraction of sp³-hybridized carbons (Fsp3) is 0.677.